The van der Waals surface area contributed by atoms with Crippen molar-refractivity contribution in [2.75, 3.05) is 39.9 Å². The molecule has 1 aromatic carbocycles. The number of aromatic nitrogens is 2. The Morgan fingerprint density at radius 3 is 3.00 bits per heavy atom. The fourth-order valence-electron chi connectivity index (χ4n) is 3.81. The normalized spacial score (nSPS) is 26.1. The maximum absolute atomic E-state index is 5.88. The van der Waals surface area contributed by atoms with E-state index in [-0.39, 0.29) is 0 Å². The molecular weight excluding hydrogens is 288 g/mol. The van der Waals surface area contributed by atoms with E-state index in [1.807, 2.05) is 23.1 Å². The number of nitrogens with zero attached hydrogens (tertiary/aromatic N) is 4. The predicted molar refractivity (Wildman–Crippen MR) is 89.6 cm³/mol. The van der Waals surface area contributed by atoms with Crippen molar-refractivity contribution in [1.82, 2.24) is 19.6 Å². The van der Waals surface area contributed by atoms with Crippen molar-refractivity contribution >= 4 is 0 Å². The third-order valence-electron chi connectivity index (χ3n) is 4.83. The second-order valence-electron chi connectivity index (χ2n) is 6.83. The molecule has 2 aromatic rings. The van der Waals surface area contributed by atoms with E-state index in [2.05, 4.69) is 46.2 Å². The van der Waals surface area contributed by atoms with Crippen molar-refractivity contribution in [3.8, 4) is 5.69 Å². The summed E-state index contributed by atoms with van der Waals surface area (Å²) in [6.07, 6.45) is 3.80. The number of fused-ring (bicyclic) bond motifs is 3. The molecule has 0 unspecified atom stereocenters. The molecule has 3 heterocycles. The molecule has 5 nitrogen and oxygen atoms in total. The Morgan fingerprint density at radius 2 is 2.13 bits per heavy atom. The van der Waals surface area contributed by atoms with Gasteiger partial charge in [-0.15, -0.1) is 0 Å². The van der Waals surface area contributed by atoms with E-state index in [0.29, 0.717) is 12.0 Å². The van der Waals surface area contributed by atoms with Crippen molar-refractivity contribution in [3.63, 3.8) is 0 Å². The van der Waals surface area contributed by atoms with Crippen LogP contribution in [0.1, 0.15) is 5.56 Å². The van der Waals surface area contributed by atoms with Gasteiger partial charge in [-0.3, -0.25) is 4.90 Å². The molecule has 2 aliphatic rings. The lowest BCUT2D eigenvalue weighted by atomic mass is 10.1. The van der Waals surface area contributed by atoms with E-state index in [4.69, 9.17) is 4.74 Å². The van der Waals surface area contributed by atoms with Gasteiger partial charge < -0.3 is 9.64 Å². The van der Waals surface area contributed by atoms with Crippen LogP contribution in [0.2, 0.25) is 0 Å². The van der Waals surface area contributed by atoms with Crippen LogP contribution in [0.5, 0.6) is 0 Å². The molecule has 0 radical (unpaired) electrons. The summed E-state index contributed by atoms with van der Waals surface area (Å²) in [5.74, 6) is 0.613. The minimum atomic E-state index is 0.487. The molecule has 2 fully saturated rings. The average Bonchev–Trinajstić information content (AvgIpc) is 2.95. The van der Waals surface area contributed by atoms with Crippen molar-refractivity contribution in [2.24, 2.45) is 5.92 Å². The van der Waals surface area contributed by atoms with Crippen molar-refractivity contribution in [2.45, 2.75) is 12.6 Å². The van der Waals surface area contributed by atoms with E-state index >= 15 is 0 Å². The van der Waals surface area contributed by atoms with E-state index in [9.17, 15) is 0 Å². The first-order valence-electron chi connectivity index (χ1n) is 8.37. The number of likely N-dealkylation sites (N-methyl/N-ethyl adjacent to an activating group) is 1. The van der Waals surface area contributed by atoms with Gasteiger partial charge >= 0.3 is 0 Å². The summed E-state index contributed by atoms with van der Waals surface area (Å²) in [7, 11) is 2.23. The molecule has 2 aliphatic heterocycles. The molecule has 1 aromatic heterocycles. The highest BCUT2D eigenvalue weighted by Crippen LogP contribution is 2.21. The number of rotatable bonds is 3. The van der Waals surface area contributed by atoms with Crippen molar-refractivity contribution in [3.05, 3.63) is 48.3 Å². The second kappa shape index (κ2) is 6.43. The quantitative estimate of drug-likeness (QED) is 0.863. The zero-order valence-corrected chi connectivity index (χ0v) is 13.6. The predicted octanol–water partition coefficient (Wildman–Crippen LogP) is 1.63. The summed E-state index contributed by atoms with van der Waals surface area (Å²) < 4.78 is 7.80. The minimum Gasteiger partial charge on any atom is -0.379 e. The molecule has 0 aliphatic carbocycles. The van der Waals surface area contributed by atoms with Gasteiger partial charge in [-0.25, -0.2) is 4.68 Å². The second-order valence-corrected chi connectivity index (χ2v) is 6.83. The van der Waals surface area contributed by atoms with Gasteiger partial charge in [0.15, 0.2) is 0 Å². The zero-order chi connectivity index (χ0) is 15.6. The van der Waals surface area contributed by atoms with Crippen LogP contribution in [-0.4, -0.2) is 65.5 Å². The Balaban J connectivity index is 1.54. The molecule has 0 saturated carbocycles. The van der Waals surface area contributed by atoms with Crippen LogP contribution >= 0.6 is 0 Å². The largest absolute Gasteiger partial charge is 0.379 e. The number of ether oxygens (including phenoxy) is 1. The topological polar surface area (TPSA) is 33.5 Å². The summed E-state index contributed by atoms with van der Waals surface area (Å²) >= 11 is 0. The molecule has 23 heavy (non-hydrogen) atoms. The van der Waals surface area contributed by atoms with Crippen LogP contribution < -0.4 is 0 Å². The fourth-order valence-corrected chi connectivity index (χ4v) is 3.81. The van der Waals surface area contributed by atoms with E-state index in [1.54, 1.807) is 0 Å². The summed E-state index contributed by atoms with van der Waals surface area (Å²) in [5, 5.41) is 4.33. The van der Waals surface area contributed by atoms with E-state index < -0.39 is 0 Å². The minimum absolute atomic E-state index is 0.487. The Morgan fingerprint density at radius 1 is 1.17 bits per heavy atom. The SMILES string of the molecule is CN1C[C@@H]2COC[C@H](C1)N(Cc1cccc(-n3cccn3)c1)C2. The number of hydrogen-bond acceptors (Lipinski definition) is 4. The Bertz CT molecular complexity index is 642. The van der Waals surface area contributed by atoms with Gasteiger partial charge in [0, 0.05) is 50.5 Å². The highest BCUT2D eigenvalue weighted by Gasteiger charge is 2.31. The maximum Gasteiger partial charge on any atom is 0.0648 e. The molecule has 2 bridgehead atoms. The first kappa shape index (κ1) is 14.9. The highest BCUT2D eigenvalue weighted by molar-refractivity contribution is 5.35. The van der Waals surface area contributed by atoms with Crippen LogP contribution in [-0.2, 0) is 11.3 Å². The summed E-state index contributed by atoms with van der Waals surface area (Å²) in [5.41, 5.74) is 2.46. The van der Waals surface area contributed by atoms with Gasteiger partial charge in [-0.2, -0.15) is 5.10 Å². The molecule has 2 saturated heterocycles. The third kappa shape index (κ3) is 3.32. The third-order valence-corrected chi connectivity index (χ3v) is 4.83. The van der Waals surface area contributed by atoms with Gasteiger partial charge in [0.25, 0.3) is 0 Å². The Kier molecular flexibility index (Phi) is 4.16. The number of hydrogen-bond donors (Lipinski definition) is 0. The summed E-state index contributed by atoms with van der Waals surface area (Å²) in [6.45, 7) is 6.08. The van der Waals surface area contributed by atoms with Crippen LogP contribution in [0.3, 0.4) is 0 Å². The highest BCUT2D eigenvalue weighted by atomic mass is 16.5. The van der Waals surface area contributed by atoms with Gasteiger partial charge in [0.1, 0.15) is 0 Å². The molecule has 2 atom stereocenters. The molecular formula is C18H24N4O. The van der Waals surface area contributed by atoms with Crippen LogP contribution in [0.4, 0.5) is 0 Å². The maximum atomic E-state index is 5.88. The molecule has 122 valence electrons. The lowest BCUT2D eigenvalue weighted by molar-refractivity contribution is 0.0562. The molecule has 0 spiro atoms. The summed E-state index contributed by atoms with van der Waals surface area (Å²) in [6, 6.07) is 11.1. The lowest BCUT2D eigenvalue weighted by Gasteiger charge is -2.29. The average molecular weight is 312 g/mol. The standard InChI is InChI=1S/C18H24N4O/c1-20-9-16-11-21(18(12-20)14-23-13-16)10-15-4-2-5-17(8-15)22-7-3-6-19-22/h2-8,16,18H,9-14H2,1H3/t16-,18-/m0/s1. The Labute approximate surface area is 137 Å². The first-order valence-corrected chi connectivity index (χ1v) is 8.37. The van der Waals surface area contributed by atoms with Crippen LogP contribution in [0, 0.1) is 5.92 Å². The van der Waals surface area contributed by atoms with Crippen molar-refractivity contribution in [1.29, 1.82) is 0 Å². The molecule has 0 N–H and O–H groups in total. The van der Waals surface area contributed by atoms with Gasteiger partial charge in [0.2, 0.25) is 0 Å². The molecule has 5 heteroatoms. The first-order chi connectivity index (χ1) is 11.3. The number of benzene rings is 1. The molecule has 0 amide bonds. The van der Waals surface area contributed by atoms with Crippen molar-refractivity contribution < 1.29 is 4.74 Å². The fraction of sp³-hybridized carbons (Fsp3) is 0.500. The van der Waals surface area contributed by atoms with Crippen LogP contribution in [0.25, 0.3) is 5.69 Å². The smallest absolute Gasteiger partial charge is 0.0648 e. The Hall–Kier alpha value is -1.69. The monoisotopic (exact) mass is 312 g/mol. The summed E-state index contributed by atoms with van der Waals surface area (Å²) in [4.78, 5) is 5.06. The van der Waals surface area contributed by atoms with Crippen LogP contribution in [0.15, 0.2) is 42.7 Å². The van der Waals surface area contributed by atoms with Gasteiger partial charge in [-0.1, -0.05) is 12.1 Å². The van der Waals surface area contributed by atoms with E-state index in [1.165, 1.54) is 5.56 Å². The lowest BCUT2D eigenvalue weighted by Crippen LogP contribution is -2.42. The van der Waals surface area contributed by atoms with Gasteiger partial charge in [-0.05, 0) is 30.8 Å². The molecule has 4 rings (SSSR count). The van der Waals surface area contributed by atoms with Gasteiger partial charge in [0.05, 0.1) is 18.9 Å². The zero-order valence-electron chi connectivity index (χ0n) is 13.6. The van der Waals surface area contributed by atoms with E-state index in [0.717, 1.165) is 45.1 Å².